The second-order valence-corrected chi connectivity index (χ2v) is 8.71. The first-order chi connectivity index (χ1) is 12.1. The molecular weight excluding hydrogens is 357 g/mol. The first-order valence-corrected chi connectivity index (χ1v) is 10.2. The minimum Gasteiger partial charge on any atom is -0.459 e. The van der Waals surface area contributed by atoms with Gasteiger partial charge in [-0.3, -0.25) is 9.36 Å². The highest BCUT2D eigenvalue weighted by Gasteiger charge is 2.45. The highest BCUT2D eigenvalue weighted by Crippen LogP contribution is 2.52. The van der Waals surface area contributed by atoms with Gasteiger partial charge in [0.05, 0.1) is 13.2 Å². The SMILES string of the molecule is CCOP(=O)(OCC)C(NC(=O)C(C)(C)C)C(=O)OCc1ccccc1. The molecule has 0 aromatic heterocycles. The number of hydrogen-bond acceptors (Lipinski definition) is 6. The van der Waals surface area contributed by atoms with Crippen molar-refractivity contribution in [2.24, 2.45) is 5.41 Å². The second kappa shape index (κ2) is 9.86. The Morgan fingerprint density at radius 3 is 2.08 bits per heavy atom. The molecule has 0 saturated heterocycles. The molecule has 0 aliphatic heterocycles. The molecule has 0 bridgehead atoms. The minimum absolute atomic E-state index is 0.0141. The van der Waals surface area contributed by atoms with Crippen LogP contribution in [0.15, 0.2) is 30.3 Å². The molecular formula is C18H28NO6P. The van der Waals surface area contributed by atoms with E-state index in [-0.39, 0.29) is 19.8 Å². The molecule has 0 heterocycles. The number of nitrogens with one attached hydrogen (secondary N) is 1. The fraction of sp³-hybridized carbons (Fsp3) is 0.556. The third-order valence-electron chi connectivity index (χ3n) is 3.33. The van der Waals surface area contributed by atoms with Crippen molar-refractivity contribution in [2.75, 3.05) is 13.2 Å². The van der Waals surface area contributed by atoms with Gasteiger partial charge in [0.2, 0.25) is 11.7 Å². The van der Waals surface area contributed by atoms with Crippen molar-refractivity contribution in [3.63, 3.8) is 0 Å². The molecule has 1 aromatic rings. The summed E-state index contributed by atoms with van der Waals surface area (Å²) in [4.78, 5) is 25.0. The van der Waals surface area contributed by atoms with Crippen molar-refractivity contribution in [3.05, 3.63) is 35.9 Å². The van der Waals surface area contributed by atoms with Crippen LogP contribution in [0.3, 0.4) is 0 Å². The lowest BCUT2D eigenvalue weighted by molar-refractivity contribution is -0.148. The van der Waals surface area contributed by atoms with Crippen LogP contribution < -0.4 is 5.32 Å². The van der Waals surface area contributed by atoms with Crippen LogP contribution in [0.5, 0.6) is 0 Å². The topological polar surface area (TPSA) is 90.9 Å². The maximum absolute atomic E-state index is 13.1. The van der Waals surface area contributed by atoms with Crippen molar-refractivity contribution in [3.8, 4) is 0 Å². The Balaban J connectivity index is 3.03. The molecule has 26 heavy (non-hydrogen) atoms. The number of carbonyl (C=O) groups excluding carboxylic acids is 2. The van der Waals surface area contributed by atoms with Gasteiger partial charge in [0, 0.05) is 5.41 Å². The number of amides is 1. The minimum atomic E-state index is -3.94. The van der Waals surface area contributed by atoms with Crippen molar-refractivity contribution in [1.29, 1.82) is 0 Å². The van der Waals surface area contributed by atoms with E-state index in [1.165, 1.54) is 0 Å². The van der Waals surface area contributed by atoms with Crippen LogP contribution in [0.25, 0.3) is 0 Å². The Morgan fingerprint density at radius 2 is 1.62 bits per heavy atom. The highest BCUT2D eigenvalue weighted by atomic mass is 31.2. The summed E-state index contributed by atoms with van der Waals surface area (Å²) in [5, 5.41) is 2.48. The third-order valence-corrected chi connectivity index (χ3v) is 5.54. The van der Waals surface area contributed by atoms with Gasteiger partial charge in [-0.05, 0) is 19.4 Å². The van der Waals surface area contributed by atoms with E-state index in [9.17, 15) is 14.2 Å². The van der Waals surface area contributed by atoms with Crippen LogP contribution in [0.2, 0.25) is 0 Å². The van der Waals surface area contributed by atoms with Gasteiger partial charge in [0.1, 0.15) is 6.61 Å². The van der Waals surface area contributed by atoms with Crippen LogP contribution in [0.4, 0.5) is 0 Å². The fourth-order valence-electron chi connectivity index (χ4n) is 1.96. The lowest BCUT2D eigenvalue weighted by Crippen LogP contribution is -2.46. The van der Waals surface area contributed by atoms with E-state index in [1.54, 1.807) is 46.8 Å². The first kappa shape index (κ1) is 22.4. The van der Waals surface area contributed by atoms with E-state index in [0.29, 0.717) is 0 Å². The average molecular weight is 385 g/mol. The van der Waals surface area contributed by atoms with Gasteiger partial charge in [-0.25, -0.2) is 4.79 Å². The highest BCUT2D eigenvalue weighted by molar-refractivity contribution is 7.55. The van der Waals surface area contributed by atoms with Gasteiger partial charge in [-0.1, -0.05) is 51.1 Å². The lowest BCUT2D eigenvalue weighted by atomic mass is 9.96. The van der Waals surface area contributed by atoms with Crippen LogP contribution in [-0.4, -0.2) is 30.9 Å². The van der Waals surface area contributed by atoms with Crippen molar-refractivity contribution < 1.29 is 27.9 Å². The van der Waals surface area contributed by atoms with Gasteiger partial charge < -0.3 is 19.1 Å². The van der Waals surface area contributed by atoms with Crippen molar-refractivity contribution >= 4 is 19.5 Å². The van der Waals surface area contributed by atoms with E-state index in [1.807, 2.05) is 18.2 Å². The zero-order valence-electron chi connectivity index (χ0n) is 16.0. The van der Waals surface area contributed by atoms with E-state index in [2.05, 4.69) is 5.32 Å². The number of esters is 1. The summed E-state index contributed by atoms with van der Waals surface area (Å²) in [5.41, 5.74) is -0.0225. The zero-order chi connectivity index (χ0) is 19.8. The van der Waals surface area contributed by atoms with Gasteiger partial charge in [-0.2, -0.15) is 0 Å². The molecule has 1 aromatic carbocycles. The van der Waals surface area contributed by atoms with Gasteiger partial charge in [0.25, 0.3) is 0 Å². The molecule has 0 radical (unpaired) electrons. The summed E-state index contributed by atoms with van der Waals surface area (Å²) in [7, 11) is -3.94. The Labute approximate surface area is 154 Å². The molecule has 0 aliphatic rings. The predicted molar refractivity (Wildman–Crippen MR) is 98.5 cm³/mol. The zero-order valence-corrected chi connectivity index (χ0v) is 16.9. The van der Waals surface area contributed by atoms with Crippen LogP contribution in [-0.2, 0) is 34.5 Å². The van der Waals surface area contributed by atoms with Crippen LogP contribution in [0, 0.1) is 5.41 Å². The summed E-state index contributed by atoms with van der Waals surface area (Å²) in [6.07, 6.45) is 0. The van der Waals surface area contributed by atoms with E-state index < -0.39 is 30.7 Å². The number of hydrogen-bond donors (Lipinski definition) is 1. The Bertz CT molecular complexity index is 631. The molecule has 146 valence electrons. The van der Waals surface area contributed by atoms with Crippen molar-refractivity contribution in [2.45, 2.75) is 47.0 Å². The summed E-state index contributed by atoms with van der Waals surface area (Å²) in [6, 6.07) is 9.05. The number of benzene rings is 1. The maximum Gasteiger partial charge on any atom is 0.364 e. The summed E-state index contributed by atoms with van der Waals surface area (Å²) in [6.45, 7) is 8.41. The molecule has 1 amide bonds. The average Bonchev–Trinajstić information content (AvgIpc) is 2.57. The largest absolute Gasteiger partial charge is 0.459 e. The molecule has 7 nitrogen and oxygen atoms in total. The fourth-order valence-corrected chi connectivity index (χ4v) is 3.66. The molecule has 1 atom stereocenters. The Kier molecular flexibility index (Phi) is 8.47. The van der Waals surface area contributed by atoms with Crippen LogP contribution >= 0.6 is 7.60 Å². The Hall–Kier alpha value is -1.69. The van der Waals surface area contributed by atoms with Crippen LogP contribution in [0.1, 0.15) is 40.2 Å². The van der Waals surface area contributed by atoms with Crippen molar-refractivity contribution in [1.82, 2.24) is 5.32 Å². The summed E-state index contributed by atoms with van der Waals surface area (Å²) < 4.78 is 28.8. The monoisotopic (exact) mass is 385 g/mol. The van der Waals surface area contributed by atoms with E-state index >= 15 is 0 Å². The first-order valence-electron chi connectivity index (χ1n) is 8.54. The van der Waals surface area contributed by atoms with Gasteiger partial charge in [0.15, 0.2) is 0 Å². The predicted octanol–water partition coefficient (Wildman–Crippen LogP) is 3.48. The van der Waals surface area contributed by atoms with E-state index in [4.69, 9.17) is 13.8 Å². The van der Waals surface area contributed by atoms with Gasteiger partial charge in [-0.15, -0.1) is 0 Å². The molecule has 1 N–H and O–H groups in total. The number of rotatable bonds is 9. The normalized spacial score (nSPS) is 13.1. The quantitative estimate of drug-likeness (QED) is 0.517. The summed E-state index contributed by atoms with van der Waals surface area (Å²) in [5.74, 6) is -2.85. The molecule has 0 saturated carbocycles. The number of ether oxygens (including phenoxy) is 1. The molecule has 0 fully saturated rings. The number of carbonyl (C=O) groups is 2. The molecule has 0 aliphatic carbocycles. The Morgan fingerprint density at radius 1 is 1.08 bits per heavy atom. The standard InChI is InChI=1S/C18H28NO6P/c1-6-24-26(22,25-7-2)15(19-17(21)18(3,4)5)16(20)23-13-14-11-9-8-10-12-14/h8-12,15H,6-7,13H2,1-5H3,(H,19,21). The second-order valence-electron chi connectivity index (χ2n) is 6.59. The maximum atomic E-state index is 13.1. The summed E-state index contributed by atoms with van der Waals surface area (Å²) >= 11 is 0. The van der Waals surface area contributed by atoms with Gasteiger partial charge >= 0.3 is 13.6 Å². The molecule has 0 spiro atoms. The lowest BCUT2D eigenvalue weighted by Gasteiger charge is -2.28. The molecule has 1 rings (SSSR count). The van der Waals surface area contributed by atoms with E-state index in [0.717, 1.165) is 5.56 Å². The third kappa shape index (κ3) is 6.56. The smallest absolute Gasteiger partial charge is 0.364 e. The molecule has 1 unspecified atom stereocenters. The molecule has 8 heteroatoms.